The molecule has 156 valence electrons. The van der Waals surface area contributed by atoms with Crippen LogP contribution in [0.1, 0.15) is 29.2 Å². The first-order chi connectivity index (χ1) is 15.2. The molecule has 0 saturated carbocycles. The average molecular weight is 430 g/mol. The Morgan fingerprint density at radius 2 is 1.71 bits per heavy atom. The molecule has 0 aromatic heterocycles. The lowest BCUT2D eigenvalue weighted by molar-refractivity contribution is 0.171. The molecule has 0 aliphatic carbocycles. The Morgan fingerprint density at radius 1 is 0.968 bits per heavy atom. The predicted octanol–water partition coefficient (Wildman–Crippen LogP) is 5.31. The summed E-state index contributed by atoms with van der Waals surface area (Å²) in [5.41, 5.74) is 5.37. The molecule has 2 heterocycles. The zero-order valence-electron chi connectivity index (χ0n) is 17.2. The number of rotatable bonds is 3. The van der Waals surface area contributed by atoms with Crippen molar-refractivity contribution in [2.75, 3.05) is 18.5 Å². The van der Waals surface area contributed by atoms with Crippen molar-refractivity contribution in [2.24, 2.45) is 5.10 Å². The van der Waals surface area contributed by atoms with E-state index in [-0.39, 0.29) is 6.04 Å². The van der Waals surface area contributed by atoms with Crippen molar-refractivity contribution in [3.05, 3.63) is 89.5 Å². The number of para-hydroxylation sites is 1. The second kappa shape index (κ2) is 8.40. The number of thiocarbonyl (C=S) groups is 1. The van der Waals surface area contributed by atoms with Gasteiger partial charge in [-0.2, -0.15) is 5.10 Å². The van der Waals surface area contributed by atoms with Crippen molar-refractivity contribution >= 4 is 28.7 Å². The summed E-state index contributed by atoms with van der Waals surface area (Å²) in [6, 6.07) is 24.4. The van der Waals surface area contributed by atoms with E-state index in [9.17, 15) is 0 Å². The molecule has 5 rings (SSSR count). The molecule has 0 saturated heterocycles. The van der Waals surface area contributed by atoms with Gasteiger partial charge in [-0.1, -0.05) is 54.1 Å². The second-order valence-electron chi connectivity index (χ2n) is 7.68. The SMILES string of the molecule is Cc1ccc(C2=NN(C(=S)Nc3ccccc3)C(c3ccc4c(c3)OCCO4)C2)cc1. The fourth-order valence-corrected chi connectivity index (χ4v) is 4.13. The van der Waals surface area contributed by atoms with Gasteiger partial charge in [0.05, 0.1) is 11.8 Å². The van der Waals surface area contributed by atoms with E-state index < -0.39 is 0 Å². The quantitative estimate of drug-likeness (QED) is 0.572. The number of hydrazone groups is 1. The number of aryl methyl sites for hydroxylation is 1. The van der Waals surface area contributed by atoms with Crippen LogP contribution in [0.2, 0.25) is 0 Å². The van der Waals surface area contributed by atoms with Crippen LogP contribution in [-0.2, 0) is 0 Å². The average Bonchev–Trinajstić information content (AvgIpc) is 3.26. The van der Waals surface area contributed by atoms with Gasteiger partial charge in [0.1, 0.15) is 13.2 Å². The predicted molar refractivity (Wildman–Crippen MR) is 127 cm³/mol. The van der Waals surface area contributed by atoms with Gasteiger partial charge in [0.2, 0.25) is 0 Å². The maximum Gasteiger partial charge on any atom is 0.194 e. The molecular weight excluding hydrogens is 406 g/mol. The molecule has 0 radical (unpaired) electrons. The van der Waals surface area contributed by atoms with E-state index >= 15 is 0 Å². The largest absolute Gasteiger partial charge is 0.486 e. The monoisotopic (exact) mass is 429 g/mol. The van der Waals surface area contributed by atoms with E-state index in [0.717, 1.165) is 40.4 Å². The Balaban J connectivity index is 1.48. The fraction of sp³-hybridized carbons (Fsp3) is 0.200. The van der Waals surface area contributed by atoms with Crippen LogP contribution in [0.25, 0.3) is 0 Å². The zero-order valence-corrected chi connectivity index (χ0v) is 18.1. The number of nitrogens with zero attached hydrogens (tertiary/aromatic N) is 2. The van der Waals surface area contributed by atoms with Crippen molar-refractivity contribution in [2.45, 2.75) is 19.4 Å². The van der Waals surface area contributed by atoms with Crippen molar-refractivity contribution in [3.63, 3.8) is 0 Å². The Bertz CT molecular complexity index is 1130. The molecular formula is C25H23N3O2S. The van der Waals surface area contributed by atoms with Crippen molar-refractivity contribution in [3.8, 4) is 11.5 Å². The lowest BCUT2D eigenvalue weighted by Crippen LogP contribution is -2.31. The number of ether oxygens (including phenoxy) is 2. The summed E-state index contributed by atoms with van der Waals surface area (Å²) in [6.45, 7) is 3.22. The van der Waals surface area contributed by atoms with Crippen LogP contribution >= 0.6 is 12.2 Å². The normalized spacial score (nSPS) is 17.3. The minimum atomic E-state index is -0.0316. The fourth-order valence-electron chi connectivity index (χ4n) is 3.85. The van der Waals surface area contributed by atoms with Gasteiger partial charge < -0.3 is 14.8 Å². The minimum Gasteiger partial charge on any atom is -0.486 e. The maximum absolute atomic E-state index is 5.81. The van der Waals surface area contributed by atoms with Gasteiger partial charge in [-0.25, -0.2) is 5.01 Å². The van der Waals surface area contributed by atoms with Crippen molar-refractivity contribution in [1.82, 2.24) is 5.01 Å². The molecule has 31 heavy (non-hydrogen) atoms. The number of anilines is 1. The Hall–Kier alpha value is -3.38. The molecule has 0 fully saturated rings. The molecule has 3 aromatic carbocycles. The van der Waals surface area contributed by atoms with E-state index in [4.69, 9.17) is 26.8 Å². The standard InChI is InChI=1S/C25H23N3O2S/c1-17-7-9-18(10-8-17)21-16-22(19-11-12-23-24(15-19)30-14-13-29-23)28(27-21)25(31)26-20-5-3-2-4-6-20/h2-12,15,22H,13-14,16H2,1H3,(H,26,31). The van der Waals surface area contributed by atoms with Gasteiger partial charge in [-0.05, 0) is 54.5 Å². The molecule has 3 aromatic rings. The van der Waals surface area contributed by atoms with E-state index in [1.165, 1.54) is 5.56 Å². The highest BCUT2D eigenvalue weighted by Gasteiger charge is 2.32. The summed E-state index contributed by atoms with van der Waals surface area (Å²) < 4.78 is 11.5. The molecule has 0 spiro atoms. The summed E-state index contributed by atoms with van der Waals surface area (Å²) >= 11 is 5.77. The van der Waals surface area contributed by atoms with Crippen molar-refractivity contribution < 1.29 is 9.47 Å². The van der Waals surface area contributed by atoms with E-state index in [2.05, 4.69) is 42.6 Å². The van der Waals surface area contributed by atoms with Gasteiger partial charge in [0.15, 0.2) is 16.6 Å². The first-order valence-corrected chi connectivity index (χ1v) is 10.8. The van der Waals surface area contributed by atoms with Gasteiger partial charge in [0, 0.05) is 12.1 Å². The van der Waals surface area contributed by atoms with Crippen LogP contribution in [0.4, 0.5) is 5.69 Å². The molecule has 5 nitrogen and oxygen atoms in total. The summed E-state index contributed by atoms with van der Waals surface area (Å²) in [5.74, 6) is 1.55. The van der Waals surface area contributed by atoms with E-state index in [1.54, 1.807) is 0 Å². The minimum absolute atomic E-state index is 0.0316. The maximum atomic E-state index is 5.81. The summed E-state index contributed by atoms with van der Waals surface area (Å²) in [6.07, 6.45) is 0.749. The zero-order chi connectivity index (χ0) is 21.2. The third-order valence-electron chi connectivity index (χ3n) is 5.48. The lowest BCUT2D eigenvalue weighted by atomic mass is 9.97. The highest BCUT2D eigenvalue weighted by Crippen LogP contribution is 2.38. The number of hydrogen-bond acceptors (Lipinski definition) is 4. The van der Waals surface area contributed by atoms with Gasteiger partial charge >= 0.3 is 0 Å². The molecule has 1 atom stereocenters. The van der Waals surface area contributed by atoms with Crippen LogP contribution in [0.5, 0.6) is 11.5 Å². The topological polar surface area (TPSA) is 46.1 Å². The highest BCUT2D eigenvalue weighted by molar-refractivity contribution is 7.80. The van der Waals surface area contributed by atoms with E-state index in [1.807, 2.05) is 47.5 Å². The van der Waals surface area contributed by atoms with Gasteiger partial charge in [0.25, 0.3) is 0 Å². The number of benzene rings is 3. The smallest absolute Gasteiger partial charge is 0.194 e. The molecule has 0 bridgehead atoms. The first-order valence-electron chi connectivity index (χ1n) is 10.4. The first kappa shape index (κ1) is 19.6. The van der Waals surface area contributed by atoms with Crippen LogP contribution < -0.4 is 14.8 Å². The molecule has 0 amide bonds. The van der Waals surface area contributed by atoms with Gasteiger partial charge in [-0.3, -0.25) is 0 Å². The number of hydrogen-bond donors (Lipinski definition) is 1. The van der Waals surface area contributed by atoms with Crippen LogP contribution in [0, 0.1) is 6.92 Å². The van der Waals surface area contributed by atoms with Crippen LogP contribution in [0.3, 0.4) is 0 Å². The third kappa shape index (κ3) is 4.11. The lowest BCUT2D eigenvalue weighted by Gasteiger charge is -2.26. The Kier molecular flexibility index (Phi) is 5.30. The molecule has 1 N–H and O–H groups in total. The van der Waals surface area contributed by atoms with Crippen molar-refractivity contribution in [1.29, 1.82) is 0 Å². The number of nitrogens with one attached hydrogen (secondary N) is 1. The molecule has 1 unspecified atom stereocenters. The summed E-state index contributed by atoms with van der Waals surface area (Å²) in [4.78, 5) is 0. The summed E-state index contributed by atoms with van der Waals surface area (Å²) in [5, 5.41) is 10.7. The third-order valence-corrected chi connectivity index (χ3v) is 5.77. The Labute approximate surface area is 187 Å². The highest BCUT2D eigenvalue weighted by atomic mass is 32.1. The second-order valence-corrected chi connectivity index (χ2v) is 8.06. The summed E-state index contributed by atoms with van der Waals surface area (Å²) in [7, 11) is 0. The van der Waals surface area contributed by atoms with Crippen LogP contribution in [-0.4, -0.2) is 29.0 Å². The van der Waals surface area contributed by atoms with Crippen LogP contribution in [0.15, 0.2) is 77.9 Å². The van der Waals surface area contributed by atoms with E-state index in [0.29, 0.717) is 18.3 Å². The molecule has 6 heteroatoms. The Morgan fingerprint density at radius 3 is 2.48 bits per heavy atom. The van der Waals surface area contributed by atoms with Gasteiger partial charge in [-0.15, -0.1) is 0 Å². The number of fused-ring (bicyclic) bond motifs is 1. The molecule has 2 aliphatic rings. The molecule has 2 aliphatic heterocycles.